The minimum absolute atomic E-state index is 0.195. The van der Waals surface area contributed by atoms with Crippen LogP contribution in [0.5, 0.6) is 11.5 Å². The summed E-state index contributed by atoms with van der Waals surface area (Å²) < 4.78 is 10.4. The fourth-order valence-corrected chi connectivity index (χ4v) is 2.50. The molecule has 0 aliphatic rings. The van der Waals surface area contributed by atoms with E-state index in [4.69, 9.17) is 21.1 Å². The lowest BCUT2D eigenvalue weighted by molar-refractivity contribution is 0.102. The number of carbonyl (C=O) groups excluding carboxylic acids is 1. The van der Waals surface area contributed by atoms with E-state index in [1.165, 1.54) is 20.4 Å². The van der Waals surface area contributed by atoms with Crippen molar-refractivity contribution in [3.8, 4) is 11.5 Å². The number of nitrogens with zero attached hydrogens (tertiary/aromatic N) is 2. The van der Waals surface area contributed by atoms with Gasteiger partial charge in [-0.05, 0) is 6.42 Å². The molecule has 0 atom stereocenters. The number of benzene rings is 1. The van der Waals surface area contributed by atoms with Crippen LogP contribution in [0.1, 0.15) is 36.7 Å². The Kier molecular flexibility index (Phi) is 7.47. The molecular weight excluding hydrogens is 356 g/mol. The standard InChI is InChI=1S/C18H23ClN4O3/c1-4-5-6-7-20-17-11-21-14(10-22-17)18(24)23-13-9-15(25-2)12(19)8-16(13)26-3/h8-11H,4-7H2,1-3H3,(H,20,22)(H,23,24). The average Bonchev–Trinajstić information content (AvgIpc) is 2.66. The number of halogens is 1. The quantitative estimate of drug-likeness (QED) is 0.641. The first kappa shape index (κ1) is 19.8. The molecule has 1 heterocycles. The highest BCUT2D eigenvalue weighted by Crippen LogP contribution is 2.35. The Bertz CT molecular complexity index is 738. The summed E-state index contributed by atoms with van der Waals surface area (Å²) in [6, 6.07) is 3.17. The van der Waals surface area contributed by atoms with Crippen LogP contribution in [0.2, 0.25) is 5.02 Å². The molecule has 0 saturated heterocycles. The van der Waals surface area contributed by atoms with Gasteiger partial charge in [-0.2, -0.15) is 0 Å². The van der Waals surface area contributed by atoms with Gasteiger partial charge in [0.2, 0.25) is 0 Å². The zero-order chi connectivity index (χ0) is 18.9. The van der Waals surface area contributed by atoms with E-state index in [9.17, 15) is 4.79 Å². The summed E-state index contributed by atoms with van der Waals surface area (Å²) in [6.45, 7) is 2.98. The fraction of sp³-hybridized carbons (Fsp3) is 0.389. The van der Waals surface area contributed by atoms with Gasteiger partial charge in [0.05, 0.1) is 37.3 Å². The SMILES string of the molecule is CCCCCNc1cnc(C(=O)Nc2cc(OC)c(Cl)cc2OC)cn1. The van der Waals surface area contributed by atoms with Crippen LogP contribution in [0.15, 0.2) is 24.5 Å². The molecule has 0 fully saturated rings. The zero-order valence-electron chi connectivity index (χ0n) is 15.1. The third kappa shape index (κ3) is 5.23. The first-order valence-electron chi connectivity index (χ1n) is 8.37. The highest BCUT2D eigenvalue weighted by atomic mass is 35.5. The minimum atomic E-state index is -0.405. The van der Waals surface area contributed by atoms with E-state index in [0.717, 1.165) is 25.8 Å². The van der Waals surface area contributed by atoms with Crippen molar-refractivity contribution in [3.63, 3.8) is 0 Å². The number of carbonyl (C=O) groups is 1. The monoisotopic (exact) mass is 378 g/mol. The van der Waals surface area contributed by atoms with Crippen molar-refractivity contribution in [1.29, 1.82) is 0 Å². The molecule has 2 aromatic rings. The number of methoxy groups -OCH3 is 2. The van der Waals surface area contributed by atoms with Crippen molar-refractivity contribution < 1.29 is 14.3 Å². The maximum atomic E-state index is 12.4. The zero-order valence-corrected chi connectivity index (χ0v) is 15.9. The van der Waals surface area contributed by atoms with Gasteiger partial charge in [-0.1, -0.05) is 31.4 Å². The van der Waals surface area contributed by atoms with Gasteiger partial charge in [-0.25, -0.2) is 9.97 Å². The maximum absolute atomic E-state index is 12.4. The van der Waals surface area contributed by atoms with Crippen LogP contribution in [0.3, 0.4) is 0 Å². The topological polar surface area (TPSA) is 85.4 Å². The molecule has 1 amide bonds. The molecule has 1 aromatic carbocycles. The molecular formula is C18H23ClN4O3. The number of hydrogen-bond acceptors (Lipinski definition) is 6. The van der Waals surface area contributed by atoms with Gasteiger partial charge in [-0.15, -0.1) is 0 Å². The number of anilines is 2. The van der Waals surface area contributed by atoms with Crippen LogP contribution in [0.25, 0.3) is 0 Å². The maximum Gasteiger partial charge on any atom is 0.275 e. The Balaban J connectivity index is 2.05. The molecule has 0 aliphatic carbocycles. The molecule has 8 heteroatoms. The van der Waals surface area contributed by atoms with Gasteiger partial charge in [0.15, 0.2) is 0 Å². The molecule has 0 spiro atoms. The van der Waals surface area contributed by atoms with Crippen LogP contribution < -0.4 is 20.1 Å². The molecule has 0 unspecified atom stereocenters. The molecule has 0 radical (unpaired) electrons. The smallest absolute Gasteiger partial charge is 0.275 e. The van der Waals surface area contributed by atoms with Crippen molar-refractivity contribution in [2.45, 2.75) is 26.2 Å². The van der Waals surface area contributed by atoms with Crippen LogP contribution >= 0.6 is 11.6 Å². The summed E-state index contributed by atoms with van der Waals surface area (Å²) in [4.78, 5) is 20.8. The lowest BCUT2D eigenvalue weighted by atomic mass is 10.2. The summed E-state index contributed by atoms with van der Waals surface area (Å²) in [5.74, 6) is 1.09. The number of rotatable bonds is 9. The van der Waals surface area contributed by atoms with E-state index in [0.29, 0.717) is 28.0 Å². The molecule has 0 saturated carbocycles. The van der Waals surface area contributed by atoms with Crippen LogP contribution in [0.4, 0.5) is 11.5 Å². The number of amides is 1. The van der Waals surface area contributed by atoms with E-state index >= 15 is 0 Å². The second-order valence-corrected chi connectivity index (χ2v) is 5.97. The molecule has 2 N–H and O–H groups in total. The third-order valence-corrected chi connectivity index (χ3v) is 3.99. The van der Waals surface area contributed by atoms with Crippen molar-refractivity contribution >= 4 is 29.0 Å². The first-order valence-corrected chi connectivity index (χ1v) is 8.75. The fourth-order valence-electron chi connectivity index (χ4n) is 2.27. The Hall–Kier alpha value is -2.54. The molecule has 1 aromatic heterocycles. The number of nitrogens with one attached hydrogen (secondary N) is 2. The summed E-state index contributed by atoms with van der Waals surface area (Å²) in [7, 11) is 2.99. The van der Waals surface area contributed by atoms with Gasteiger partial charge in [-0.3, -0.25) is 4.79 Å². The van der Waals surface area contributed by atoms with Crippen LogP contribution in [0, 0.1) is 0 Å². The Morgan fingerprint density at radius 3 is 2.50 bits per heavy atom. The van der Waals surface area contributed by atoms with Crippen molar-refractivity contribution in [2.24, 2.45) is 0 Å². The van der Waals surface area contributed by atoms with Crippen LogP contribution in [-0.4, -0.2) is 36.6 Å². The third-order valence-electron chi connectivity index (χ3n) is 3.69. The van der Waals surface area contributed by atoms with E-state index in [2.05, 4.69) is 27.5 Å². The molecule has 7 nitrogen and oxygen atoms in total. The average molecular weight is 379 g/mol. The summed E-state index contributed by atoms with van der Waals surface area (Å²) in [6.07, 6.45) is 6.36. The second kappa shape index (κ2) is 9.82. The lowest BCUT2D eigenvalue weighted by Crippen LogP contribution is -2.15. The largest absolute Gasteiger partial charge is 0.495 e. The van der Waals surface area contributed by atoms with Crippen molar-refractivity contribution in [3.05, 3.63) is 35.2 Å². The summed E-state index contributed by atoms with van der Waals surface area (Å²) in [5, 5.41) is 6.30. The number of ether oxygens (including phenoxy) is 2. The normalized spacial score (nSPS) is 10.3. The molecule has 140 valence electrons. The highest BCUT2D eigenvalue weighted by Gasteiger charge is 2.15. The molecule has 26 heavy (non-hydrogen) atoms. The molecule has 2 rings (SSSR count). The van der Waals surface area contributed by atoms with Gasteiger partial charge >= 0.3 is 0 Å². The lowest BCUT2D eigenvalue weighted by Gasteiger charge is -2.13. The minimum Gasteiger partial charge on any atom is -0.495 e. The van der Waals surface area contributed by atoms with Crippen molar-refractivity contribution in [2.75, 3.05) is 31.4 Å². The Labute approximate surface area is 158 Å². The Morgan fingerprint density at radius 2 is 1.88 bits per heavy atom. The first-order chi connectivity index (χ1) is 12.6. The molecule has 0 bridgehead atoms. The van der Waals surface area contributed by atoms with Gasteiger partial charge < -0.3 is 20.1 Å². The number of unbranched alkanes of at least 4 members (excludes halogenated alkanes) is 2. The molecule has 0 aliphatic heterocycles. The van der Waals surface area contributed by atoms with Crippen LogP contribution in [-0.2, 0) is 0 Å². The van der Waals surface area contributed by atoms with E-state index in [-0.39, 0.29) is 5.69 Å². The van der Waals surface area contributed by atoms with E-state index < -0.39 is 5.91 Å². The summed E-state index contributed by atoms with van der Waals surface area (Å²) in [5.41, 5.74) is 0.627. The van der Waals surface area contributed by atoms with Crippen molar-refractivity contribution in [1.82, 2.24) is 9.97 Å². The summed E-state index contributed by atoms with van der Waals surface area (Å²) >= 11 is 6.07. The number of aromatic nitrogens is 2. The van der Waals surface area contributed by atoms with Gasteiger partial charge in [0, 0.05) is 18.7 Å². The Morgan fingerprint density at radius 1 is 1.12 bits per heavy atom. The van der Waals surface area contributed by atoms with E-state index in [1.807, 2.05) is 0 Å². The van der Waals surface area contributed by atoms with Gasteiger partial charge in [0.1, 0.15) is 23.0 Å². The second-order valence-electron chi connectivity index (χ2n) is 5.56. The predicted molar refractivity (Wildman–Crippen MR) is 103 cm³/mol. The highest BCUT2D eigenvalue weighted by molar-refractivity contribution is 6.32. The number of hydrogen-bond donors (Lipinski definition) is 2. The van der Waals surface area contributed by atoms with E-state index in [1.54, 1.807) is 18.3 Å². The predicted octanol–water partition coefficient (Wildman–Crippen LogP) is 4.00. The van der Waals surface area contributed by atoms with Gasteiger partial charge in [0.25, 0.3) is 5.91 Å².